The van der Waals surface area contributed by atoms with Crippen molar-refractivity contribution < 1.29 is 19.5 Å². The molecule has 1 saturated heterocycles. The van der Waals surface area contributed by atoms with E-state index >= 15 is 0 Å². The van der Waals surface area contributed by atoms with E-state index in [2.05, 4.69) is 10.6 Å². The molecule has 17 heavy (non-hydrogen) atoms. The second kappa shape index (κ2) is 6.33. The van der Waals surface area contributed by atoms with Crippen molar-refractivity contribution in [2.24, 2.45) is 0 Å². The van der Waals surface area contributed by atoms with Crippen LogP contribution in [0.4, 0.5) is 4.79 Å². The maximum absolute atomic E-state index is 11.6. The van der Waals surface area contributed by atoms with Crippen LogP contribution in [0.2, 0.25) is 0 Å². The summed E-state index contributed by atoms with van der Waals surface area (Å²) in [6.45, 7) is 2.13. The SMILES string of the molecule is CCNC(=O)CNC(=O)N1CSC[C@H]1C(=O)O. The van der Waals surface area contributed by atoms with E-state index in [-0.39, 0.29) is 12.5 Å². The maximum atomic E-state index is 11.6. The average molecular weight is 261 g/mol. The normalized spacial score (nSPS) is 18.9. The number of carboxylic acids is 1. The summed E-state index contributed by atoms with van der Waals surface area (Å²) in [6.07, 6.45) is 0. The lowest BCUT2D eigenvalue weighted by molar-refractivity contribution is -0.140. The minimum absolute atomic E-state index is 0.139. The highest BCUT2D eigenvalue weighted by Crippen LogP contribution is 2.20. The molecule has 1 atom stereocenters. The molecular formula is C9H15N3O4S. The summed E-state index contributed by atoms with van der Waals surface area (Å²) in [5.74, 6) is -0.606. The van der Waals surface area contributed by atoms with Gasteiger partial charge in [0.15, 0.2) is 0 Å². The van der Waals surface area contributed by atoms with Crippen LogP contribution in [0.15, 0.2) is 0 Å². The highest BCUT2D eigenvalue weighted by Gasteiger charge is 2.34. The first-order valence-corrected chi connectivity index (χ1v) is 6.33. The molecule has 0 bridgehead atoms. The Morgan fingerprint density at radius 3 is 2.71 bits per heavy atom. The molecule has 1 fully saturated rings. The molecule has 1 aliphatic rings. The zero-order valence-corrected chi connectivity index (χ0v) is 10.2. The summed E-state index contributed by atoms with van der Waals surface area (Å²) in [4.78, 5) is 34.8. The van der Waals surface area contributed by atoms with Crippen molar-refractivity contribution in [3.05, 3.63) is 0 Å². The molecule has 0 spiro atoms. The summed E-state index contributed by atoms with van der Waals surface area (Å²) < 4.78 is 0. The van der Waals surface area contributed by atoms with Crippen molar-refractivity contribution in [1.82, 2.24) is 15.5 Å². The van der Waals surface area contributed by atoms with Gasteiger partial charge in [0.25, 0.3) is 0 Å². The molecule has 0 unspecified atom stereocenters. The van der Waals surface area contributed by atoms with Crippen molar-refractivity contribution in [1.29, 1.82) is 0 Å². The number of urea groups is 1. The fourth-order valence-electron chi connectivity index (χ4n) is 1.36. The van der Waals surface area contributed by atoms with E-state index in [1.54, 1.807) is 6.92 Å². The summed E-state index contributed by atoms with van der Waals surface area (Å²) >= 11 is 1.38. The number of hydrogen-bond donors (Lipinski definition) is 3. The molecule has 8 heteroatoms. The number of thioether (sulfide) groups is 1. The number of carbonyl (C=O) groups excluding carboxylic acids is 2. The Labute approximate surface area is 103 Å². The molecule has 3 N–H and O–H groups in total. The van der Waals surface area contributed by atoms with E-state index in [1.165, 1.54) is 16.7 Å². The van der Waals surface area contributed by atoms with Crippen molar-refractivity contribution in [3.63, 3.8) is 0 Å². The van der Waals surface area contributed by atoms with Crippen LogP contribution in [0.5, 0.6) is 0 Å². The van der Waals surface area contributed by atoms with Crippen LogP contribution in [0.25, 0.3) is 0 Å². The van der Waals surface area contributed by atoms with E-state index in [9.17, 15) is 14.4 Å². The number of nitrogens with one attached hydrogen (secondary N) is 2. The number of rotatable bonds is 4. The molecule has 0 aromatic carbocycles. The van der Waals surface area contributed by atoms with Crippen LogP contribution < -0.4 is 10.6 Å². The third-order valence-corrected chi connectivity index (χ3v) is 3.21. The first kappa shape index (κ1) is 13.6. The summed E-state index contributed by atoms with van der Waals surface area (Å²) in [7, 11) is 0. The number of aliphatic carboxylic acids is 1. The number of hydrogen-bond acceptors (Lipinski definition) is 4. The Morgan fingerprint density at radius 2 is 2.12 bits per heavy atom. The molecule has 0 aromatic rings. The van der Waals surface area contributed by atoms with Gasteiger partial charge in [-0.05, 0) is 6.92 Å². The minimum atomic E-state index is -1.02. The monoisotopic (exact) mass is 261 g/mol. The largest absolute Gasteiger partial charge is 0.480 e. The number of likely N-dealkylation sites (N-methyl/N-ethyl adjacent to an activating group) is 1. The predicted octanol–water partition coefficient (Wildman–Crippen LogP) is -0.708. The van der Waals surface area contributed by atoms with Gasteiger partial charge >= 0.3 is 12.0 Å². The van der Waals surface area contributed by atoms with Gasteiger partial charge in [-0.3, -0.25) is 4.79 Å². The molecule has 1 heterocycles. The lowest BCUT2D eigenvalue weighted by Gasteiger charge is -2.20. The van der Waals surface area contributed by atoms with Gasteiger partial charge in [0, 0.05) is 12.3 Å². The number of amides is 3. The van der Waals surface area contributed by atoms with Gasteiger partial charge in [0.05, 0.1) is 12.4 Å². The number of carboxylic acid groups (broad SMARTS) is 1. The summed E-state index contributed by atoms with van der Waals surface area (Å²) in [5.41, 5.74) is 0. The smallest absolute Gasteiger partial charge is 0.327 e. The van der Waals surface area contributed by atoms with E-state index in [4.69, 9.17) is 5.11 Å². The van der Waals surface area contributed by atoms with Crippen LogP contribution in [-0.4, -0.2) is 58.7 Å². The van der Waals surface area contributed by atoms with Gasteiger partial charge in [-0.1, -0.05) is 0 Å². The second-order valence-corrected chi connectivity index (χ2v) is 4.44. The van der Waals surface area contributed by atoms with Crippen molar-refractivity contribution in [3.8, 4) is 0 Å². The molecule has 1 rings (SSSR count). The molecule has 0 aliphatic carbocycles. The Morgan fingerprint density at radius 1 is 1.41 bits per heavy atom. The van der Waals surface area contributed by atoms with Crippen LogP contribution in [-0.2, 0) is 9.59 Å². The van der Waals surface area contributed by atoms with Crippen LogP contribution in [0.1, 0.15) is 6.92 Å². The molecule has 3 amide bonds. The Kier molecular flexibility index (Phi) is 5.08. The average Bonchev–Trinajstić information content (AvgIpc) is 2.75. The fourth-order valence-corrected chi connectivity index (χ4v) is 2.51. The fraction of sp³-hybridized carbons (Fsp3) is 0.667. The summed E-state index contributed by atoms with van der Waals surface area (Å²) in [6, 6.07) is -1.33. The topological polar surface area (TPSA) is 98.7 Å². The second-order valence-electron chi connectivity index (χ2n) is 3.44. The first-order chi connectivity index (χ1) is 8.06. The molecule has 7 nitrogen and oxygen atoms in total. The van der Waals surface area contributed by atoms with Gasteiger partial charge in [0.2, 0.25) is 5.91 Å². The third kappa shape index (κ3) is 3.81. The molecule has 0 saturated carbocycles. The van der Waals surface area contributed by atoms with Gasteiger partial charge in [-0.15, -0.1) is 11.8 Å². The maximum Gasteiger partial charge on any atom is 0.327 e. The highest BCUT2D eigenvalue weighted by atomic mass is 32.2. The zero-order valence-electron chi connectivity index (χ0n) is 9.43. The predicted molar refractivity (Wildman–Crippen MR) is 62.7 cm³/mol. The first-order valence-electron chi connectivity index (χ1n) is 5.18. The van der Waals surface area contributed by atoms with Crippen molar-refractivity contribution in [2.45, 2.75) is 13.0 Å². The van der Waals surface area contributed by atoms with Crippen LogP contribution in [0.3, 0.4) is 0 Å². The van der Waals surface area contributed by atoms with Crippen LogP contribution in [0, 0.1) is 0 Å². The molecule has 96 valence electrons. The third-order valence-electron chi connectivity index (χ3n) is 2.20. The summed E-state index contributed by atoms with van der Waals surface area (Å²) in [5, 5.41) is 13.8. The van der Waals surface area contributed by atoms with Gasteiger partial charge < -0.3 is 20.6 Å². The number of carbonyl (C=O) groups is 3. The lowest BCUT2D eigenvalue weighted by Crippen LogP contribution is -2.49. The van der Waals surface area contributed by atoms with Crippen LogP contribution >= 0.6 is 11.8 Å². The molecule has 1 aliphatic heterocycles. The van der Waals surface area contributed by atoms with Crippen molar-refractivity contribution >= 4 is 29.7 Å². The Bertz CT molecular complexity index is 323. The van der Waals surface area contributed by atoms with E-state index in [1.807, 2.05) is 0 Å². The molecule has 0 aromatic heterocycles. The van der Waals surface area contributed by atoms with E-state index < -0.39 is 18.0 Å². The Balaban J connectivity index is 2.42. The van der Waals surface area contributed by atoms with E-state index in [0.717, 1.165) is 0 Å². The van der Waals surface area contributed by atoms with Gasteiger partial charge in [0.1, 0.15) is 6.04 Å². The zero-order chi connectivity index (χ0) is 12.8. The van der Waals surface area contributed by atoms with Crippen molar-refractivity contribution in [2.75, 3.05) is 24.7 Å². The number of nitrogens with zero attached hydrogens (tertiary/aromatic N) is 1. The quantitative estimate of drug-likeness (QED) is 0.621. The van der Waals surface area contributed by atoms with Gasteiger partial charge in [-0.2, -0.15) is 0 Å². The molecule has 0 radical (unpaired) electrons. The highest BCUT2D eigenvalue weighted by molar-refractivity contribution is 7.99. The molecular weight excluding hydrogens is 246 g/mol. The minimum Gasteiger partial charge on any atom is -0.480 e. The Hall–Kier alpha value is -1.44. The lowest BCUT2D eigenvalue weighted by atomic mass is 10.3. The van der Waals surface area contributed by atoms with E-state index in [0.29, 0.717) is 18.2 Å². The van der Waals surface area contributed by atoms with Gasteiger partial charge in [-0.25, -0.2) is 9.59 Å². The standard InChI is InChI=1S/C9H15N3O4S/c1-2-10-7(13)3-11-9(16)12-5-17-4-6(12)8(14)15/h6H,2-5H2,1H3,(H,10,13)(H,11,16)(H,14,15)/t6-/m0/s1.